The third kappa shape index (κ3) is 4.22. The topological polar surface area (TPSA) is 50.3 Å². The Balaban J connectivity index is 1.74. The molecule has 0 unspecified atom stereocenters. The largest absolute Gasteiger partial charge is 0.434 e. The number of alkyl halides is 2. The molecule has 25 heavy (non-hydrogen) atoms. The molecule has 1 heterocycles. The Morgan fingerprint density at radius 2 is 2.12 bits per heavy atom. The van der Waals surface area contributed by atoms with Crippen LogP contribution in [-0.4, -0.2) is 30.7 Å². The van der Waals surface area contributed by atoms with Crippen LogP contribution in [0.1, 0.15) is 35.7 Å². The first-order valence-electron chi connectivity index (χ1n) is 8.34. The van der Waals surface area contributed by atoms with Crippen LogP contribution >= 0.6 is 0 Å². The van der Waals surface area contributed by atoms with Gasteiger partial charge in [-0.25, -0.2) is 9.97 Å². The predicted octanol–water partition coefficient (Wildman–Crippen LogP) is 3.31. The van der Waals surface area contributed by atoms with Crippen molar-refractivity contribution in [1.82, 2.24) is 15.3 Å². The van der Waals surface area contributed by atoms with Crippen molar-refractivity contribution in [3.8, 4) is 5.75 Å². The van der Waals surface area contributed by atoms with Gasteiger partial charge in [0.15, 0.2) is 0 Å². The molecule has 0 aliphatic heterocycles. The quantitative estimate of drug-likeness (QED) is 0.868. The summed E-state index contributed by atoms with van der Waals surface area (Å²) >= 11 is 0. The minimum absolute atomic E-state index is 0.111. The van der Waals surface area contributed by atoms with Crippen molar-refractivity contribution < 1.29 is 13.5 Å². The molecule has 134 valence electrons. The van der Waals surface area contributed by atoms with Crippen LogP contribution < -0.4 is 15.0 Å². The van der Waals surface area contributed by atoms with E-state index in [-0.39, 0.29) is 11.8 Å². The molecule has 5 nitrogen and oxygen atoms in total. The van der Waals surface area contributed by atoms with Crippen molar-refractivity contribution in [3.63, 3.8) is 0 Å². The van der Waals surface area contributed by atoms with Crippen LogP contribution in [-0.2, 0) is 13.0 Å². The van der Waals surface area contributed by atoms with Gasteiger partial charge in [0.1, 0.15) is 5.75 Å². The highest BCUT2D eigenvalue weighted by Crippen LogP contribution is 2.30. The average Bonchev–Trinajstić information content (AvgIpc) is 2.60. The molecular formula is C18H22F2N4O. The van der Waals surface area contributed by atoms with E-state index in [2.05, 4.69) is 20.0 Å². The van der Waals surface area contributed by atoms with Crippen LogP contribution in [0, 0.1) is 0 Å². The van der Waals surface area contributed by atoms with Crippen molar-refractivity contribution in [2.24, 2.45) is 0 Å². The zero-order valence-electron chi connectivity index (χ0n) is 14.4. The smallest absolute Gasteiger partial charge is 0.387 e. The fraction of sp³-hybridized carbons (Fsp3) is 0.444. The van der Waals surface area contributed by atoms with Crippen LogP contribution in [0.4, 0.5) is 14.7 Å². The molecule has 0 saturated heterocycles. The van der Waals surface area contributed by atoms with Crippen LogP contribution in [0.3, 0.4) is 0 Å². The van der Waals surface area contributed by atoms with Crippen molar-refractivity contribution in [2.75, 3.05) is 19.0 Å². The van der Waals surface area contributed by atoms with E-state index < -0.39 is 6.61 Å². The monoisotopic (exact) mass is 348 g/mol. The number of hydrogen-bond donors (Lipinski definition) is 1. The molecule has 3 rings (SSSR count). The Morgan fingerprint density at radius 1 is 1.32 bits per heavy atom. The molecule has 1 atom stereocenters. The Morgan fingerprint density at radius 3 is 2.88 bits per heavy atom. The molecule has 7 heteroatoms. The van der Waals surface area contributed by atoms with Crippen LogP contribution in [0.2, 0.25) is 0 Å². The molecule has 1 aromatic heterocycles. The number of anilines is 1. The SMILES string of the molecule is CN(C)c1ncc2c(n1)CCC[C@H]2NCc1ccccc1OC(F)F. The second-order valence-corrected chi connectivity index (χ2v) is 6.28. The number of halogens is 2. The van der Waals surface area contributed by atoms with Gasteiger partial charge < -0.3 is 15.0 Å². The van der Waals surface area contributed by atoms with Gasteiger partial charge in [0.2, 0.25) is 5.95 Å². The van der Waals surface area contributed by atoms with Gasteiger partial charge in [-0.15, -0.1) is 0 Å². The number of fused-ring (bicyclic) bond motifs is 1. The molecule has 0 fully saturated rings. The summed E-state index contributed by atoms with van der Waals surface area (Å²) in [5.41, 5.74) is 2.85. The van der Waals surface area contributed by atoms with Gasteiger partial charge >= 0.3 is 6.61 Å². The molecule has 1 aliphatic carbocycles. The van der Waals surface area contributed by atoms with Crippen LogP contribution in [0.25, 0.3) is 0 Å². The lowest BCUT2D eigenvalue weighted by Crippen LogP contribution is -2.27. The van der Waals surface area contributed by atoms with Crippen molar-refractivity contribution >= 4 is 5.95 Å². The standard InChI is InChI=1S/C18H22F2N4O/c1-24(2)18-22-11-13-14(7-5-8-15(13)23-18)21-10-12-6-3-4-9-16(12)25-17(19)20/h3-4,6,9,11,14,17,21H,5,7-8,10H2,1-2H3/t14-/m1/s1. The second kappa shape index (κ2) is 7.74. The highest BCUT2D eigenvalue weighted by atomic mass is 19.3. The lowest BCUT2D eigenvalue weighted by Gasteiger charge is -2.26. The van der Waals surface area contributed by atoms with Gasteiger partial charge in [-0.1, -0.05) is 18.2 Å². The zero-order valence-corrected chi connectivity index (χ0v) is 14.4. The van der Waals surface area contributed by atoms with E-state index in [1.165, 1.54) is 0 Å². The Kier molecular flexibility index (Phi) is 5.43. The molecular weight excluding hydrogens is 326 g/mol. The summed E-state index contributed by atoms with van der Waals surface area (Å²) in [4.78, 5) is 10.9. The lowest BCUT2D eigenvalue weighted by atomic mass is 9.92. The molecule has 0 bridgehead atoms. The van der Waals surface area contributed by atoms with E-state index >= 15 is 0 Å². The molecule has 1 aliphatic rings. The Labute approximate surface area is 146 Å². The summed E-state index contributed by atoms with van der Waals surface area (Å²) in [7, 11) is 3.83. The summed E-state index contributed by atoms with van der Waals surface area (Å²) in [6.45, 7) is -2.38. The number of rotatable bonds is 6. The molecule has 0 amide bonds. The number of hydrogen-bond acceptors (Lipinski definition) is 5. The van der Waals surface area contributed by atoms with Gasteiger partial charge in [0.05, 0.1) is 5.69 Å². The molecule has 1 N–H and O–H groups in total. The summed E-state index contributed by atoms with van der Waals surface area (Å²) in [5.74, 6) is 0.912. The zero-order chi connectivity index (χ0) is 17.8. The fourth-order valence-electron chi connectivity index (χ4n) is 3.06. The van der Waals surface area contributed by atoms with Crippen molar-refractivity contribution in [1.29, 1.82) is 0 Å². The van der Waals surface area contributed by atoms with E-state index in [1.807, 2.05) is 31.3 Å². The van der Waals surface area contributed by atoms with E-state index in [0.717, 1.165) is 30.5 Å². The maximum absolute atomic E-state index is 12.5. The van der Waals surface area contributed by atoms with Gasteiger partial charge in [0.25, 0.3) is 0 Å². The number of nitrogens with one attached hydrogen (secondary N) is 1. The molecule has 0 saturated carbocycles. The summed E-state index contributed by atoms with van der Waals surface area (Å²) in [6, 6.07) is 6.97. The molecule has 0 spiro atoms. The van der Waals surface area contributed by atoms with E-state index in [1.54, 1.807) is 18.2 Å². The third-order valence-corrected chi connectivity index (χ3v) is 4.30. The van der Waals surface area contributed by atoms with Crippen LogP contribution in [0.15, 0.2) is 30.5 Å². The summed E-state index contributed by atoms with van der Waals surface area (Å²) < 4.78 is 29.7. The third-order valence-electron chi connectivity index (χ3n) is 4.30. The highest BCUT2D eigenvalue weighted by molar-refractivity contribution is 5.35. The Hall–Kier alpha value is -2.28. The van der Waals surface area contributed by atoms with Gasteiger partial charge in [-0.2, -0.15) is 8.78 Å². The summed E-state index contributed by atoms with van der Waals surface area (Å²) in [6.07, 6.45) is 4.80. The van der Waals surface area contributed by atoms with Gasteiger partial charge in [-0.3, -0.25) is 0 Å². The number of aryl methyl sites for hydroxylation is 1. The Bertz CT molecular complexity index is 724. The number of nitrogens with zero attached hydrogens (tertiary/aromatic N) is 3. The predicted molar refractivity (Wildman–Crippen MR) is 92.0 cm³/mol. The molecule has 1 aromatic carbocycles. The molecule has 0 radical (unpaired) electrons. The van der Waals surface area contributed by atoms with Gasteiger partial charge in [-0.05, 0) is 25.3 Å². The number of aromatic nitrogens is 2. The van der Waals surface area contributed by atoms with Crippen molar-refractivity contribution in [3.05, 3.63) is 47.3 Å². The highest BCUT2D eigenvalue weighted by Gasteiger charge is 2.22. The van der Waals surface area contributed by atoms with Crippen molar-refractivity contribution in [2.45, 2.75) is 38.5 Å². The lowest BCUT2D eigenvalue weighted by molar-refractivity contribution is -0.0505. The second-order valence-electron chi connectivity index (χ2n) is 6.28. The fourth-order valence-corrected chi connectivity index (χ4v) is 3.06. The van der Waals surface area contributed by atoms with E-state index in [9.17, 15) is 8.78 Å². The van der Waals surface area contributed by atoms with Gasteiger partial charge in [0, 0.05) is 44.0 Å². The number of ether oxygens (including phenoxy) is 1. The van der Waals surface area contributed by atoms with E-state index in [0.29, 0.717) is 18.1 Å². The minimum atomic E-state index is -2.82. The normalized spacial score (nSPS) is 16.6. The van der Waals surface area contributed by atoms with E-state index in [4.69, 9.17) is 0 Å². The first kappa shape index (κ1) is 17.5. The number of para-hydroxylation sites is 1. The van der Waals surface area contributed by atoms with Crippen LogP contribution in [0.5, 0.6) is 5.75 Å². The first-order valence-corrected chi connectivity index (χ1v) is 8.34. The maximum Gasteiger partial charge on any atom is 0.387 e. The number of benzene rings is 1. The average molecular weight is 348 g/mol. The molecule has 2 aromatic rings. The summed E-state index contributed by atoms with van der Waals surface area (Å²) in [5, 5.41) is 3.44. The maximum atomic E-state index is 12.5. The minimum Gasteiger partial charge on any atom is -0.434 e. The first-order chi connectivity index (χ1) is 12.0.